The predicted octanol–water partition coefficient (Wildman–Crippen LogP) is 3.02. The van der Waals surface area contributed by atoms with Crippen LogP contribution in [-0.2, 0) is 0 Å². The van der Waals surface area contributed by atoms with Crippen molar-refractivity contribution in [2.45, 2.75) is 10.1 Å². The molecule has 0 fully saturated rings. The van der Waals surface area contributed by atoms with E-state index in [-0.39, 0.29) is 5.25 Å². The Kier molecular flexibility index (Phi) is 4.56. The summed E-state index contributed by atoms with van der Waals surface area (Å²) in [6.45, 7) is 3.45. The number of methoxy groups -OCH3 is 1. The summed E-state index contributed by atoms with van der Waals surface area (Å²) in [4.78, 5) is 1.02. The lowest BCUT2D eigenvalue weighted by molar-refractivity contribution is 0.414. The highest BCUT2D eigenvalue weighted by Crippen LogP contribution is 2.25. The van der Waals surface area contributed by atoms with Gasteiger partial charge in [0.2, 0.25) is 0 Å². The van der Waals surface area contributed by atoms with Crippen LogP contribution in [0.15, 0.2) is 47.5 Å². The van der Waals surface area contributed by atoms with Crippen LogP contribution in [-0.4, -0.2) is 12.4 Å². The zero-order chi connectivity index (χ0) is 11.1. The average molecular weight is 217 g/mol. The van der Waals surface area contributed by atoms with E-state index in [1.54, 1.807) is 13.2 Å². The molecule has 1 aromatic carbocycles. The normalized spacial score (nSPS) is 10.9. The summed E-state index contributed by atoms with van der Waals surface area (Å²) in [7, 11) is 1.63. The van der Waals surface area contributed by atoms with Crippen LogP contribution in [0.5, 0.6) is 5.75 Å². The Bertz CT molecular complexity index is 399. The third-order valence-electron chi connectivity index (χ3n) is 1.72. The van der Waals surface area contributed by atoms with Gasteiger partial charge in [-0.15, -0.1) is 17.5 Å². The highest BCUT2D eigenvalue weighted by Gasteiger charge is 2.04. The Morgan fingerprint density at radius 2 is 2.13 bits per heavy atom. The van der Waals surface area contributed by atoms with Gasteiger partial charge >= 0.3 is 0 Å². The van der Waals surface area contributed by atoms with Gasteiger partial charge in [-0.05, 0) is 30.3 Å². The second-order valence-corrected chi connectivity index (χ2v) is 3.93. The summed E-state index contributed by atoms with van der Waals surface area (Å²) >= 11 is 1.46. The lowest BCUT2D eigenvalue weighted by atomic mass is 10.3. The third kappa shape index (κ3) is 3.55. The smallest absolute Gasteiger partial charge is 0.122 e. The molecule has 1 aromatic rings. The molecule has 0 saturated heterocycles. The molecule has 0 amide bonds. The minimum atomic E-state index is -0.240. The Morgan fingerprint density at radius 3 is 2.60 bits per heavy atom. The fourth-order valence-electron chi connectivity index (χ4n) is 1.01. The molecule has 76 valence electrons. The Hall–Kier alpha value is -1.62. The van der Waals surface area contributed by atoms with E-state index in [9.17, 15) is 0 Å². The van der Waals surface area contributed by atoms with Crippen LogP contribution < -0.4 is 4.74 Å². The van der Waals surface area contributed by atoms with Gasteiger partial charge in [0.25, 0.3) is 0 Å². The van der Waals surface area contributed by atoms with Crippen LogP contribution in [0.3, 0.4) is 0 Å². The topological polar surface area (TPSA) is 33.0 Å². The Balaban J connectivity index is 2.72. The molecule has 0 aliphatic carbocycles. The van der Waals surface area contributed by atoms with Gasteiger partial charge in [-0.1, -0.05) is 6.58 Å². The largest absolute Gasteiger partial charge is 0.497 e. The summed E-state index contributed by atoms with van der Waals surface area (Å²) in [6, 6.07) is 9.74. The van der Waals surface area contributed by atoms with Gasteiger partial charge in [0.05, 0.1) is 13.2 Å². The molecule has 1 unspecified atom stereocenters. The van der Waals surface area contributed by atoms with Crippen molar-refractivity contribution in [3.05, 3.63) is 42.7 Å². The van der Waals surface area contributed by atoms with Crippen molar-refractivity contribution in [2.24, 2.45) is 0 Å². The molecule has 0 aromatic heterocycles. The number of thioether (sulfide) groups is 1. The van der Waals surface area contributed by atoms with Crippen LogP contribution in [0.2, 0.25) is 0 Å². The first-order valence-corrected chi connectivity index (χ1v) is 5.24. The standard InChI is InChI=1S/C12H11NOS/c1-3-4-12(9-13)15-11-7-5-10(14-2)6-8-11/h4-8,12H,1H2,2H3. The first kappa shape index (κ1) is 11.5. The number of benzene rings is 1. The molecule has 2 nitrogen and oxygen atoms in total. The number of rotatable bonds is 4. The highest BCUT2D eigenvalue weighted by atomic mass is 32.2. The van der Waals surface area contributed by atoms with E-state index >= 15 is 0 Å². The number of nitriles is 1. The second-order valence-electron chi connectivity index (χ2n) is 2.71. The SMILES string of the molecule is C=C=CC(C#N)Sc1ccc(OC)cc1. The summed E-state index contributed by atoms with van der Waals surface area (Å²) in [5.41, 5.74) is 2.62. The van der Waals surface area contributed by atoms with E-state index < -0.39 is 0 Å². The van der Waals surface area contributed by atoms with E-state index in [2.05, 4.69) is 18.4 Å². The van der Waals surface area contributed by atoms with Gasteiger partial charge < -0.3 is 4.74 Å². The van der Waals surface area contributed by atoms with Crippen LogP contribution in [0, 0.1) is 11.3 Å². The molecule has 0 aliphatic heterocycles. The monoisotopic (exact) mass is 217 g/mol. The van der Waals surface area contributed by atoms with Gasteiger partial charge in [-0.3, -0.25) is 0 Å². The fourth-order valence-corrected chi connectivity index (χ4v) is 1.81. The molecule has 1 atom stereocenters. The van der Waals surface area contributed by atoms with Crippen molar-refractivity contribution in [3.8, 4) is 11.8 Å². The van der Waals surface area contributed by atoms with Gasteiger partial charge in [-0.25, -0.2) is 0 Å². The van der Waals surface area contributed by atoms with Crippen molar-refractivity contribution < 1.29 is 4.74 Å². The summed E-state index contributed by atoms with van der Waals surface area (Å²) in [5, 5.41) is 8.58. The molecule has 0 aliphatic rings. The molecule has 0 saturated carbocycles. The van der Waals surface area contributed by atoms with Gasteiger partial charge in [0.15, 0.2) is 0 Å². The van der Waals surface area contributed by atoms with Crippen molar-refractivity contribution in [1.29, 1.82) is 5.26 Å². The van der Waals surface area contributed by atoms with Crippen LogP contribution in [0.1, 0.15) is 0 Å². The molecule has 0 heterocycles. The van der Waals surface area contributed by atoms with Crippen LogP contribution in [0.25, 0.3) is 0 Å². The van der Waals surface area contributed by atoms with Crippen molar-refractivity contribution in [3.63, 3.8) is 0 Å². The van der Waals surface area contributed by atoms with Gasteiger partial charge in [-0.2, -0.15) is 5.26 Å². The first-order chi connectivity index (χ1) is 7.30. The maximum absolute atomic E-state index is 8.82. The molecule has 0 spiro atoms. The highest BCUT2D eigenvalue weighted by molar-refractivity contribution is 8.00. The molecular weight excluding hydrogens is 206 g/mol. The summed E-state index contributed by atoms with van der Waals surface area (Å²) < 4.78 is 5.04. The second kappa shape index (κ2) is 5.98. The maximum Gasteiger partial charge on any atom is 0.122 e. The number of hydrogen-bond acceptors (Lipinski definition) is 3. The van der Waals surface area contributed by atoms with Gasteiger partial charge in [0.1, 0.15) is 11.0 Å². The summed E-state index contributed by atoms with van der Waals surface area (Å²) in [6.07, 6.45) is 1.65. The van der Waals surface area contributed by atoms with Gasteiger partial charge in [0, 0.05) is 4.90 Å². The number of hydrogen-bond donors (Lipinski definition) is 0. The van der Waals surface area contributed by atoms with Crippen molar-refractivity contribution in [1.82, 2.24) is 0 Å². The maximum atomic E-state index is 8.82. The molecule has 0 N–H and O–H groups in total. The van der Waals surface area contributed by atoms with Crippen LogP contribution in [0.4, 0.5) is 0 Å². The zero-order valence-electron chi connectivity index (χ0n) is 8.43. The number of ether oxygens (including phenoxy) is 1. The van der Waals surface area contributed by atoms with Crippen molar-refractivity contribution in [2.75, 3.05) is 7.11 Å². The quantitative estimate of drug-likeness (QED) is 0.574. The molecule has 0 radical (unpaired) electrons. The Morgan fingerprint density at radius 1 is 1.47 bits per heavy atom. The molecular formula is C12H11NOS. The molecule has 0 bridgehead atoms. The van der Waals surface area contributed by atoms with E-state index in [1.807, 2.05) is 24.3 Å². The minimum Gasteiger partial charge on any atom is -0.497 e. The average Bonchev–Trinajstić information content (AvgIpc) is 2.29. The van der Waals surface area contributed by atoms with Crippen molar-refractivity contribution >= 4 is 11.8 Å². The molecule has 1 rings (SSSR count). The lowest BCUT2D eigenvalue weighted by Gasteiger charge is -2.04. The first-order valence-electron chi connectivity index (χ1n) is 4.36. The predicted molar refractivity (Wildman–Crippen MR) is 62.0 cm³/mol. The third-order valence-corrected chi connectivity index (χ3v) is 2.76. The van der Waals surface area contributed by atoms with Crippen LogP contribution >= 0.6 is 11.8 Å². The minimum absolute atomic E-state index is 0.240. The van der Waals surface area contributed by atoms with E-state index in [1.165, 1.54) is 11.8 Å². The Labute approximate surface area is 93.9 Å². The van der Waals surface area contributed by atoms with E-state index in [0.717, 1.165) is 10.6 Å². The number of nitrogens with zero attached hydrogens (tertiary/aromatic N) is 1. The molecule has 15 heavy (non-hydrogen) atoms. The lowest BCUT2D eigenvalue weighted by Crippen LogP contribution is -1.91. The summed E-state index contributed by atoms with van der Waals surface area (Å²) in [5.74, 6) is 0.812. The fraction of sp³-hybridized carbons (Fsp3) is 0.167. The zero-order valence-corrected chi connectivity index (χ0v) is 9.25. The molecule has 3 heteroatoms. The van der Waals surface area contributed by atoms with E-state index in [0.29, 0.717) is 0 Å². The van der Waals surface area contributed by atoms with E-state index in [4.69, 9.17) is 10.00 Å².